The third kappa shape index (κ3) is 6.27. The summed E-state index contributed by atoms with van der Waals surface area (Å²) in [4.78, 5) is 23.4. The highest BCUT2D eigenvalue weighted by Gasteiger charge is 2.29. The zero-order valence-electron chi connectivity index (χ0n) is 12.3. The fourth-order valence-corrected chi connectivity index (χ4v) is 1.82. The molecule has 2 amide bonds. The summed E-state index contributed by atoms with van der Waals surface area (Å²) in [5, 5.41) is 5.20. The Morgan fingerprint density at radius 1 is 1.17 bits per heavy atom. The van der Waals surface area contributed by atoms with Crippen molar-refractivity contribution in [2.75, 3.05) is 25.1 Å². The Bertz CT molecular complexity index is 554. The van der Waals surface area contributed by atoms with E-state index >= 15 is 0 Å². The molecule has 1 aromatic rings. The van der Waals surface area contributed by atoms with Crippen molar-refractivity contribution in [1.82, 2.24) is 5.32 Å². The fraction of sp³-hybridized carbons (Fsp3) is 0.467. The Hall–Kier alpha value is -2.09. The Kier molecular flexibility index (Phi) is 5.59. The number of rotatable bonds is 7. The highest BCUT2D eigenvalue weighted by molar-refractivity contribution is 5.96. The summed E-state index contributed by atoms with van der Waals surface area (Å²) in [6.45, 7) is -1.58. The first-order chi connectivity index (χ1) is 10.8. The summed E-state index contributed by atoms with van der Waals surface area (Å²) in [6, 6.07) is 6.29. The number of hydrogen-bond acceptors (Lipinski definition) is 3. The topological polar surface area (TPSA) is 67.4 Å². The number of ether oxygens (including phenoxy) is 1. The first-order valence-electron chi connectivity index (χ1n) is 7.19. The van der Waals surface area contributed by atoms with E-state index in [1.165, 1.54) is 12.1 Å². The van der Waals surface area contributed by atoms with Gasteiger partial charge in [-0.3, -0.25) is 9.59 Å². The van der Waals surface area contributed by atoms with Gasteiger partial charge in [0.2, 0.25) is 5.91 Å². The van der Waals surface area contributed by atoms with Crippen molar-refractivity contribution >= 4 is 17.5 Å². The van der Waals surface area contributed by atoms with Crippen LogP contribution in [0.2, 0.25) is 0 Å². The zero-order valence-corrected chi connectivity index (χ0v) is 12.3. The van der Waals surface area contributed by atoms with E-state index in [2.05, 4.69) is 15.4 Å². The number of carbonyl (C=O) groups is 2. The van der Waals surface area contributed by atoms with E-state index in [9.17, 15) is 22.8 Å². The van der Waals surface area contributed by atoms with E-state index in [0.717, 1.165) is 12.8 Å². The lowest BCUT2D eigenvalue weighted by molar-refractivity contribution is -0.173. The molecule has 1 aliphatic carbocycles. The van der Waals surface area contributed by atoms with E-state index < -0.39 is 18.7 Å². The van der Waals surface area contributed by atoms with Crippen molar-refractivity contribution in [2.24, 2.45) is 5.92 Å². The third-order valence-corrected chi connectivity index (χ3v) is 3.16. The number of anilines is 1. The van der Waals surface area contributed by atoms with E-state index in [1.54, 1.807) is 12.1 Å². The van der Waals surface area contributed by atoms with Crippen molar-refractivity contribution in [1.29, 1.82) is 0 Å². The highest BCUT2D eigenvalue weighted by Crippen LogP contribution is 2.30. The van der Waals surface area contributed by atoms with Crippen LogP contribution in [-0.4, -0.2) is 37.7 Å². The number of hydrogen-bond donors (Lipinski definition) is 2. The van der Waals surface area contributed by atoms with Gasteiger partial charge in [-0.25, -0.2) is 0 Å². The summed E-state index contributed by atoms with van der Waals surface area (Å²) < 4.78 is 39.9. The lowest BCUT2D eigenvalue weighted by Crippen LogP contribution is -2.28. The third-order valence-electron chi connectivity index (χ3n) is 3.16. The number of nitrogens with one attached hydrogen (secondary N) is 2. The van der Waals surface area contributed by atoms with Crippen LogP contribution in [-0.2, 0) is 9.53 Å². The second-order valence-electron chi connectivity index (χ2n) is 5.26. The lowest BCUT2D eigenvalue weighted by Gasteiger charge is -2.09. The van der Waals surface area contributed by atoms with Gasteiger partial charge in [-0.2, -0.15) is 13.2 Å². The number of halogens is 3. The molecule has 0 bridgehead atoms. The minimum Gasteiger partial charge on any atom is -0.370 e. The average molecular weight is 330 g/mol. The molecule has 1 fully saturated rings. The van der Waals surface area contributed by atoms with Crippen LogP contribution >= 0.6 is 0 Å². The van der Waals surface area contributed by atoms with Crippen molar-refractivity contribution in [3.05, 3.63) is 29.8 Å². The van der Waals surface area contributed by atoms with Crippen LogP contribution in [0.1, 0.15) is 23.2 Å². The molecule has 5 nitrogen and oxygen atoms in total. The number of carbonyl (C=O) groups excluding carboxylic acids is 2. The smallest absolute Gasteiger partial charge is 0.370 e. The number of benzene rings is 1. The molecule has 23 heavy (non-hydrogen) atoms. The summed E-state index contributed by atoms with van der Waals surface area (Å²) in [5.74, 6) is -0.348. The molecule has 1 aliphatic rings. The molecule has 0 aliphatic heterocycles. The maximum Gasteiger partial charge on any atom is 0.411 e. The van der Waals surface area contributed by atoms with Crippen LogP contribution in [0.3, 0.4) is 0 Å². The Labute approximate surface area is 131 Å². The lowest BCUT2D eigenvalue weighted by atomic mass is 10.2. The molecule has 0 unspecified atom stereocenters. The maximum absolute atomic E-state index is 11.8. The van der Waals surface area contributed by atoms with Gasteiger partial charge in [0.1, 0.15) is 6.61 Å². The summed E-state index contributed by atoms with van der Waals surface area (Å²) >= 11 is 0. The minimum atomic E-state index is -4.37. The van der Waals surface area contributed by atoms with Gasteiger partial charge in [0.05, 0.1) is 6.61 Å². The molecule has 2 rings (SSSR count). The van der Waals surface area contributed by atoms with Crippen LogP contribution in [0.15, 0.2) is 24.3 Å². The molecule has 8 heteroatoms. The largest absolute Gasteiger partial charge is 0.411 e. The van der Waals surface area contributed by atoms with Gasteiger partial charge < -0.3 is 15.4 Å². The van der Waals surface area contributed by atoms with Gasteiger partial charge >= 0.3 is 6.18 Å². The van der Waals surface area contributed by atoms with E-state index in [-0.39, 0.29) is 25.0 Å². The minimum absolute atomic E-state index is 0.0188. The second-order valence-corrected chi connectivity index (χ2v) is 5.26. The number of alkyl halides is 3. The van der Waals surface area contributed by atoms with Crippen LogP contribution in [0.4, 0.5) is 18.9 Å². The molecule has 0 saturated heterocycles. The SMILES string of the molecule is O=C(NCCOCC(F)(F)F)c1ccc(NC(=O)C2CC2)cc1. The van der Waals surface area contributed by atoms with E-state index in [4.69, 9.17) is 0 Å². The maximum atomic E-state index is 11.8. The average Bonchev–Trinajstić information content (AvgIpc) is 3.31. The molecule has 1 saturated carbocycles. The number of amides is 2. The summed E-state index contributed by atoms with van der Waals surface area (Å²) in [5.41, 5.74) is 0.956. The molecule has 126 valence electrons. The van der Waals surface area contributed by atoms with Crippen LogP contribution in [0.25, 0.3) is 0 Å². The van der Waals surface area contributed by atoms with Gasteiger partial charge in [0, 0.05) is 23.7 Å². The summed E-state index contributed by atoms with van der Waals surface area (Å²) in [6.07, 6.45) is -2.56. The van der Waals surface area contributed by atoms with E-state index in [1.807, 2.05) is 0 Å². The second kappa shape index (κ2) is 7.45. The first kappa shape index (κ1) is 17.3. The molecule has 0 aromatic heterocycles. The van der Waals surface area contributed by atoms with Gasteiger partial charge in [0.15, 0.2) is 0 Å². The van der Waals surface area contributed by atoms with Crippen molar-refractivity contribution in [3.63, 3.8) is 0 Å². The molecular weight excluding hydrogens is 313 g/mol. The molecule has 0 atom stereocenters. The molecular formula is C15H17F3N2O3. The Morgan fingerprint density at radius 2 is 1.83 bits per heavy atom. The standard InChI is InChI=1S/C15H17F3N2O3/c16-15(17,18)9-23-8-7-19-13(21)10-3-5-12(6-4-10)20-14(22)11-1-2-11/h3-6,11H,1-2,7-9H2,(H,19,21)(H,20,22). The van der Waals surface area contributed by atoms with Crippen LogP contribution in [0, 0.1) is 5.92 Å². The molecule has 0 spiro atoms. The van der Waals surface area contributed by atoms with Gasteiger partial charge in [-0.05, 0) is 37.1 Å². The Balaban J connectivity index is 1.71. The normalized spacial score (nSPS) is 14.4. The van der Waals surface area contributed by atoms with Crippen LogP contribution in [0.5, 0.6) is 0 Å². The monoisotopic (exact) mass is 330 g/mol. The molecule has 2 N–H and O–H groups in total. The van der Waals surface area contributed by atoms with Gasteiger partial charge in [-0.15, -0.1) is 0 Å². The zero-order chi connectivity index (χ0) is 16.9. The van der Waals surface area contributed by atoms with Crippen LogP contribution < -0.4 is 10.6 Å². The molecule has 0 radical (unpaired) electrons. The van der Waals surface area contributed by atoms with Crippen molar-refractivity contribution < 1.29 is 27.5 Å². The van der Waals surface area contributed by atoms with E-state index in [0.29, 0.717) is 11.3 Å². The predicted octanol–water partition coefficient (Wildman–Crippen LogP) is 2.34. The quantitative estimate of drug-likeness (QED) is 0.754. The molecule has 1 aromatic carbocycles. The van der Waals surface area contributed by atoms with Crippen molar-refractivity contribution in [2.45, 2.75) is 19.0 Å². The Morgan fingerprint density at radius 3 is 2.39 bits per heavy atom. The highest BCUT2D eigenvalue weighted by atomic mass is 19.4. The molecule has 0 heterocycles. The van der Waals surface area contributed by atoms with Gasteiger partial charge in [-0.1, -0.05) is 0 Å². The summed E-state index contributed by atoms with van der Waals surface area (Å²) in [7, 11) is 0. The predicted molar refractivity (Wildman–Crippen MR) is 77.0 cm³/mol. The van der Waals surface area contributed by atoms with Gasteiger partial charge in [0.25, 0.3) is 5.91 Å². The first-order valence-corrected chi connectivity index (χ1v) is 7.19. The van der Waals surface area contributed by atoms with Crippen molar-refractivity contribution in [3.8, 4) is 0 Å². The fourth-order valence-electron chi connectivity index (χ4n) is 1.82.